The van der Waals surface area contributed by atoms with E-state index < -0.39 is 6.61 Å². The van der Waals surface area contributed by atoms with Crippen LogP contribution >= 0.6 is 11.6 Å². The maximum Gasteiger partial charge on any atom is 0.387 e. The lowest BCUT2D eigenvalue weighted by molar-refractivity contribution is -0.0493. The van der Waals surface area contributed by atoms with E-state index in [0.717, 1.165) is 5.56 Å². The lowest BCUT2D eigenvalue weighted by Gasteiger charge is -2.12. The molecule has 2 aromatic rings. The molecule has 100 valence electrons. The van der Waals surface area contributed by atoms with Crippen molar-refractivity contribution in [3.05, 3.63) is 53.3 Å². The molecule has 0 radical (unpaired) electrons. The molecule has 1 N–H and O–H groups in total. The molecular weight excluding hydrogens is 274 g/mol. The second-order valence-electron chi connectivity index (χ2n) is 3.70. The van der Waals surface area contributed by atoms with Crippen LogP contribution in [0.15, 0.2) is 42.7 Å². The summed E-state index contributed by atoms with van der Waals surface area (Å²) in [7, 11) is 0. The number of aromatic nitrogens is 1. The standard InChI is InChI=1S/C13H11ClF2N2O/c14-10-8-17-6-5-9(10)7-18-11-3-1-2-4-12(11)19-13(15)16/h1-6,8,13,18H,7H2. The van der Waals surface area contributed by atoms with Gasteiger partial charge in [0.15, 0.2) is 0 Å². The van der Waals surface area contributed by atoms with Crippen LogP contribution in [0, 0.1) is 0 Å². The first-order valence-corrected chi connectivity index (χ1v) is 5.90. The van der Waals surface area contributed by atoms with Gasteiger partial charge in [-0.3, -0.25) is 4.98 Å². The summed E-state index contributed by atoms with van der Waals surface area (Å²) in [6, 6.07) is 8.25. The first kappa shape index (κ1) is 13.5. The number of pyridine rings is 1. The van der Waals surface area contributed by atoms with Crippen molar-refractivity contribution < 1.29 is 13.5 Å². The van der Waals surface area contributed by atoms with E-state index in [9.17, 15) is 8.78 Å². The number of ether oxygens (including phenoxy) is 1. The number of rotatable bonds is 5. The van der Waals surface area contributed by atoms with Crippen molar-refractivity contribution >= 4 is 17.3 Å². The third-order valence-electron chi connectivity index (χ3n) is 2.43. The van der Waals surface area contributed by atoms with Crippen molar-refractivity contribution in [3.63, 3.8) is 0 Å². The molecule has 0 amide bonds. The average molecular weight is 285 g/mol. The molecule has 2 rings (SSSR count). The maximum atomic E-state index is 12.2. The number of anilines is 1. The van der Waals surface area contributed by atoms with E-state index in [1.807, 2.05) is 0 Å². The minimum absolute atomic E-state index is 0.0997. The molecule has 1 heterocycles. The molecule has 0 fully saturated rings. The highest BCUT2D eigenvalue weighted by Gasteiger charge is 2.09. The summed E-state index contributed by atoms with van der Waals surface area (Å²) in [4.78, 5) is 3.87. The minimum atomic E-state index is -2.85. The first-order valence-electron chi connectivity index (χ1n) is 5.53. The van der Waals surface area contributed by atoms with E-state index in [-0.39, 0.29) is 5.75 Å². The van der Waals surface area contributed by atoms with Crippen LogP contribution < -0.4 is 10.1 Å². The largest absolute Gasteiger partial charge is 0.433 e. The van der Waals surface area contributed by atoms with Gasteiger partial charge in [-0.05, 0) is 23.8 Å². The lowest BCUT2D eigenvalue weighted by Crippen LogP contribution is -2.06. The van der Waals surface area contributed by atoms with Gasteiger partial charge in [-0.15, -0.1) is 0 Å². The highest BCUT2D eigenvalue weighted by atomic mass is 35.5. The van der Waals surface area contributed by atoms with Crippen molar-refractivity contribution in [3.8, 4) is 5.75 Å². The van der Waals surface area contributed by atoms with Gasteiger partial charge in [-0.2, -0.15) is 8.78 Å². The Bertz CT molecular complexity index is 552. The van der Waals surface area contributed by atoms with E-state index in [1.54, 1.807) is 30.5 Å². The Labute approximate surface area is 114 Å². The highest BCUT2D eigenvalue weighted by molar-refractivity contribution is 6.31. The third kappa shape index (κ3) is 3.79. The molecule has 0 atom stereocenters. The van der Waals surface area contributed by atoms with Crippen LogP contribution in [0.2, 0.25) is 5.02 Å². The number of alkyl halides is 2. The summed E-state index contributed by atoms with van der Waals surface area (Å²) in [6.07, 6.45) is 3.14. The van der Waals surface area contributed by atoms with Crippen molar-refractivity contribution in [2.75, 3.05) is 5.32 Å². The molecule has 6 heteroatoms. The Kier molecular flexibility index (Phi) is 4.52. The molecule has 0 bridgehead atoms. The van der Waals surface area contributed by atoms with Crippen LogP contribution in [0.5, 0.6) is 5.75 Å². The number of para-hydroxylation sites is 2. The fourth-order valence-corrected chi connectivity index (χ4v) is 1.74. The van der Waals surface area contributed by atoms with Gasteiger partial charge in [0.1, 0.15) is 5.75 Å². The van der Waals surface area contributed by atoms with Crippen molar-refractivity contribution in [1.82, 2.24) is 4.98 Å². The van der Waals surface area contributed by atoms with Gasteiger partial charge in [0.2, 0.25) is 0 Å². The van der Waals surface area contributed by atoms with Crippen LogP contribution in [0.1, 0.15) is 5.56 Å². The number of benzene rings is 1. The number of nitrogens with zero attached hydrogens (tertiary/aromatic N) is 1. The minimum Gasteiger partial charge on any atom is -0.433 e. The zero-order chi connectivity index (χ0) is 13.7. The zero-order valence-electron chi connectivity index (χ0n) is 9.82. The molecule has 0 aliphatic rings. The summed E-state index contributed by atoms with van der Waals surface area (Å²) in [5.74, 6) is 0.0997. The predicted molar refractivity (Wildman–Crippen MR) is 69.6 cm³/mol. The van der Waals surface area contributed by atoms with Crippen LogP contribution in [0.25, 0.3) is 0 Å². The normalized spacial score (nSPS) is 10.5. The monoisotopic (exact) mass is 284 g/mol. The number of hydrogen-bond donors (Lipinski definition) is 1. The van der Waals surface area contributed by atoms with Gasteiger partial charge in [0.05, 0.1) is 10.7 Å². The van der Waals surface area contributed by atoms with E-state index in [4.69, 9.17) is 11.6 Å². The van der Waals surface area contributed by atoms with E-state index in [1.165, 1.54) is 12.3 Å². The Balaban J connectivity index is 2.09. The quantitative estimate of drug-likeness (QED) is 0.903. The summed E-state index contributed by atoms with van der Waals surface area (Å²) < 4.78 is 28.9. The summed E-state index contributed by atoms with van der Waals surface area (Å²) in [6.45, 7) is -2.46. The first-order chi connectivity index (χ1) is 9.16. The van der Waals surface area contributed by atoms with Crippen LogP contribution in [-0.4, -0.2) is 11.6 Å². The van der Waals surface area contributed by atoms with Crippen molar-refractivity contribution in [2.24, 2.45) is 0 Å². The van der Waals surface area contributed by atoms with E-state index in [2.05, 4.69) is 15.0 Å². The van der Waals surface area contributed by atoms with Crippen LogP contribution in [0.4, 0.5) is 14.5 Å². The molecular formula is C13H11ClF2N2O. The van der Waals surface area contributed by atoms with Gasteiger partial charge >= 0.3 is 6.61 Å². The summed E-state index contributed by atoms with van der Waals surface area (Å²) in [5.41, 5.74) is 1.30. The second kappa shape index (κ2) is 6.33. The average Bonchev–Trinajstić information content (AvgIpc) is 2.39. The Hall–Kier alpha value is -1.88. The lowest BCUT2D eigenvalue weighted by atomic mass is 10.2. The third-order valence-corrected chi connectivity index (χ3v) is 2.77. The fourth-order valence-electron chi connectivity index (χ4n) is 1.55. The molecule has 0 unspecified atom stereocenters. The zero-order valence-corrected chi connectivity index (χ0v) is 10.6. The Morgan fingerprint density at radius 3 is 2.79 bits per heavy atom. The molecule has 19 heavy (non-hydrogen) atoms. The van der Waals surface area contributed by atoms with E-state index in [0.29, 0.717) is 17.3 Å². The molecule has 0 aliphatic heterocycles. The maximum absolute atomic E-state index is 12.2. The topological polar surface area (TPSA) is 34.1 Å². The molecule has 1 aromatic heterocycles. The number of nitrogens with one attached hydrogen (secondary N) is 1. The van der Waals surface area contributed by atoms with E-state index >= 15 is 0 Å². The number of halogens is 3. The predicted octanol–water partition coefficient (Wildman–Crippen LogP) is 3.95. The van der Waals surface area contributed by atoms with Crippen LogP contribution in [-0.2, 0) is 6.54 Å². The van der Waals surface area contributed by atoms with Gasteiger partial charge in [-0.1, -0.05) is 23.7 Å². The number of hydrogen-bond acceptors (Lipinski definition) is 3. The molecule has 0 spiro atoms. The Morgan fingerprint density at radius 2 is 2.05 bits per heavy atom. The van der Waals surface area contributed by atoms with Gasteiger partial charge in [0, 0.05) is 18.9 Å². The Morgan fingerprint density at radius 1 is 1.26 bits per heavy atom. The fraction of sp³-hybridized carbons (Fsp3) is 0.154. The highest BCUT2D eigenvalue weighted by Crippen LogP contribution is 2.26. The molecule has 0 saturated carbocycles. The summed E-state index contributed by atoms with van der Waals surface area (Å²) in [5, 5.41) is 3.52. The molecule has 1 aromatic carbocycles. The van der Waals surface area contributed by atoms with Gasteiger partial charge < -0.3 is 10.1 Å². The SMILES string of the molecule is FC(F)Oc1ccccc1NCc1ccncc1Cl. The molecule has 3 nitrogen and oxygen atoms in total. The van der Waals surface area contributed by atoms with Crippen molar-refractivity contribution in [2.45, 2.75) is 13.2 Å². The summed E-state index contributed by atoms with van der Waals surface area (Å²) >= 11 is 5.96. The molecule has 0 aliphatic carbocycles. The van der Waals surface area contributed by atoms with Gasteiger partial charge in [-0.25, -0.2) is 0 Å². The second-order valence-corrected chi connectivity index (χ2v) is 4.10. The smallest absolute Gasteiger partial charge is 0.387 e. The van der Waals surface area contributed by atoms with Crippen LogP contribution in [0.3, 0.4) is 0 Å². The van der Waals surface area contributed by atoms with Crippen molar-refractivity contribution in [1.29, 1.82) is 0 Å². The van der Waals surface area contributed by atoms with Gasteiger partial charge in [0.25, 0.3) is 0 Å². The molecule has 0 saturated heterocycles.